The van der Waals surface area contributed by atoms with Crippen LogP contribution in [0.1, 0.15) is 12.5 Å². The molecule has 0 aromatic heterocycles. The van der Waals surface area contributed by atoms with E-state index in [1.807, 2.05) is 13.1 Å². The van der Waals surface area contributed by atoms with Gasteiger partial charge in [-0.15, -0.1) is 0 Å². The summed E-state index contributed by atoms with van der Waals surface area (Å²) in [7, 11) is -1.31. The van der Waals surface area contributed by atoms with Crippen molar-refractivity contribution in [2.24, 2.45) is 0 Å². The van der Waals surface area contributed by atoms with Crippen LogP contribution in [0.2, 0.25) is 0 Å². The minimum atomic E-state index is -3.33. The summed E-state index contributed by atoms with van der Waals surface area (Å²) in [6.07, 6.45) is 0. The topological polar surface area (TPSA) is 73.2 Å². The second-order valence-electron chi connectivity index (χ2n) is 4.60. The zero-order valence-corrected chi connectivity index (χ0v) is 12.8. The zero-order valence-electron chi connectivity index (χ0n) is 12.0. The molecule has 0 spiro atoms. The average Bonchev–Trinajstić information content (AvgIpc) is 2.46. The van der Waals surface area contributed by atoms with Gasteiger partial charge in [0, 0.05) is 19.6 Å². The predicted molar refractivity (Wildman–Crippen MR) is 79.3 cm³/mol. The Kier molecular flexibility index (Phi) is 6.65. The second kappa shape index (κ2) is 8.00. The molecule has 0 saturated carbocycles. The van der Waals surface area contributed by atoms with E-state index < -0.39 is 9.84 Å². The second-order valence-corrected chi connectivity index (χ2v) is 6.71. The normalized spacial score (nSPS) is 11.5. The van der Waals surface area contributed by atoms with Crippen molar-refractivity contribution in [3.8, 4) is 6.07 Å². The van der Waals surface area contributed by atoms with E-state index in [4.69, 9.17) is 5.26 Å². The van der Waals surface area contributed by atoms with E-state index in [-0.39, 0.29) is 10.6 Å². The van der Waals surface area contributed by atoms with Gasteiger partial charge in [0.2, 0.25) is 0 Å². The van der Waals surface area contributed by atoms with Crippen LogP contribution in [0.15, 0.2) is 29.2 Å². The van der Waals surface area contributed by atoms with Crippen LogP contribution in [0, 0.1) is 11.3 Å². The van der Waals surface area contributed by atoms with Gasteiger partial charge in [-0.2, -0.15) is 5.26 Å². The number of hydrogen-bond donors (Lipinski definition) is 1. The van der Waals surface area contributed by atoms with Crippen LogP contribution in [0.4, 0.5) is 0 Å². The molecule has 1 rings (SSSR count). The van der Waals surface area contributed by atoms with Gasteiger partial charge in [0.25, 0.3) is 0 Å². The Morgan fingerprint density at radius 3 is 2.75 bits per heavy atom. The molecule has 0 atom stereocenters. The summed E-state index contributed by atoms with van der Waals surface area (Å²) < 4.78 is 24.2. The highest BCUT2D eigenvalue weighted by molar-refractivity contribution is 7.91. The summed E-state index contributed by atoms with van der Waals surface area (Å²) in [5, 5.41) is 11.9. The van der Waals surface area contributed by atoms with E-state index in [0.717, 1.165) is 19.6 Å². The Bertz CT molecular complexity index is 564. The zero-order chi connectivity index (χ0) is 15.0. The van der Waals surface area contributed by atoms with Crippen LogP contribution in [0.25, 0.3) is 0 Å². The van der Waals surface area contributed by atoms with Gasteiger partial charge >= 0.3 is 0 Å². The Morgan fingerprint density at radius 2 is 2.10 bits per heavy atom. The van der Waals surface area contributed by atoms with E-state index in [1.165, 1.54) is 12.1 Å². The van der Waals surface area contributed by atoms with Crippen molar-refractivity contribution in [1.82, 2.24) is 10.2 Å². The third-order valence-corrected chi connectivity index (χ3v) is 4.79. The fraction of sp³-hybridized carbons (Fsp3) is 0.500. The monoisotopic (exact) mass is 295 g/mol. The maximum atomic E-state index is 12.1. The molecule has 1 aromatic rings. The first-order valence-electron chi connectivity index (χ1n) is 6.61. The first kappa shape index (κ1) is 16.6. The van der Waals surface area contributed by atoms with Gasteiger partial charge in [0.05, 0.1) is 22.3 Å². The molecule has 0 saturated heterocycles. The molecule has 0 fully saturated rings. The van der Waals surface area contributed by atoms with Gasteiger partial charge < -0.3 is 10.2 Å². The Balaban J connectivity index is 2.48. The average molecular weight is 295 g/mol. The highest BCUT2D eigenvalue weighted by atomic mass is 32.2. The highest BCUT2D eigenvalue weighted by Gasteiger charge is 2.14. The van der Waals surface area contributed by atoms with Crippen molar-refractivity contribution in [3.05, 3.63) is 29.8 Å². The molecule has 110 valence electrons. The molecule has 0 amide bonds. The van der Waals surface area contributed by atoms with Crippen molar-refractivity contribution in [1.29, 1.82) is 5.26 Å². The number of likely N-dealkylation sites (N-methyl/N-ethyl adjacent to an activating group) is 1. The lowest BCUT2D eigenvalue weighted by atomic mass is 10.2. The number of nitriles is 1. The van der Waals surface area contributed by atoms with E-state index in [1.54, 1.807) is 12.1 Å². The summed E-state index contributed by atoms with van der Waals surface area (Å²) >= 11 is 0. The van der Waals surface area contributed by atoms with Crippen molar-refractivity contribution in [2.75, 3.05) is 39.0 Å². The molecule has 6 heteroatoms. The number of nitrogens with zero attached hydrogens (tertiary/aromatic N) is 2. The van der Waals surface area contributed by atoms with Gasteiger partial charge in [-0.1, -0.05) is 13.0 Å². The van der Waals surface area contributed by atoms with Crippen LogP contribution in [-0.4, -0.2) is 52.3 Å². The molecular weight excluding hydrogens is 274 g/mol. The first-order chi connectivity index (χ1) is 9.49. The van der Waals surface area contributed by atoms with Gasteiger partial charge in [-0.05, 0) is 31.8 Å². The maximum Gasteiger partial charge on any atom is 0.179 e. The smallest absolute Gasteiger partial charge is 0.179 e. The third kappa shape index (κ3) is 5.29. The molecule has 20 heavy (non-hydrogen) atoms. The van der Waals surface area contributed by atoms with E-state index >= 15 is 0 Å². The molecule has 0 bridgehead atoms. The highest BCUT2D eigenvalue weighted by Crippen LogP contribution is 2.12. The van der Waals surface area contributed by atoms with Crippen LogP contribution in [0.3, 0.4) is 0 Å². The van der Waals surface area contributed by atoms with Crippen LogP contribution in [-0.2, 0) is 9.84 Å². The molecule has 0 heterocycles. The van der Waals surface area contributed by atoms with Crippen molar-refractivity contribution in [2.45, 2.75) is 11.8 Å². The summed E-state index contributed by atoms with van der Waals surface area (Å²) in [6.45, 7) is 5.11. The molecule has 0 unspecified atom stereocenters. The lowest BCUT2D eigenvalue weighted by Gasteiger charge is -2.14. The van der Waals surface area contributed by atoms with Gasteiger partial charge in [-0.25, -0.2) is 8.42 Å². The molecule has 1 N–H and O–H groups in total. The molecule has 0 aliphatic heterocycles. The fourth-order valence-electron chi connectivity index (χ4n) is 1.64. The number of nitrogens with one attached hydrogen (secondary N) is 1. The lowest BCUT2D eigenvalue weighted by molar-refractivity contribution is 0.351. The van der Waals surface area contributed by atoms with E-state index in [9.17, 15) is 8.42 Å². The number of rotatable bonds is 8. The molecule has 0 aliphatic rings. The third-order valence-electron chi connectivity index (χ3n) is 3.08. The van der Waals surface area contributed by atoms with Crippen molar-refractivity contribution in [3.63, 3.8) is 0 Å². The predicted octanol–water partition coefficient (Wildman–Crippen LogP) is 0.873. The summed E-state index contributed by atoms with van der Waals surface area (Å²) in [5.74, 6) is 0.0394. The summed E-state index contributed by atoms with van der Waals surface area (Å²) in [5.41, 5.74) is 0.364. The fourth-order valence-corrected chi connectivity index (χ4v) is 2.88. The van der Waals surface area contributed by atoms with Crippen LogP contribution >= 0.6 is 0 Å². The van der Waals surface area contributed by atoms with Gasteiger partial charge in [0.15, 0.2) is 9.84 Å². The van der Waals surface area contributed by atoms with Gasteiger partial charge in [-0.3, -0.25) is 0 Å². The lowest BCUT2D eigenvalue weighted by Crippen LogP contribution is -2.31. The van der Waals surface area contributed by atoms with Crippen molar-refractivity contribution < 1.29 is 8.42 Å². The number of hydrogen-bond acceptors (Lipinski definition) is 5. The number of benzene rings is 1. The summed E-state index contributed by atoms with van der Waals surface area (Å²) in [4.78, 5) is 2.36. The largest absolute Gasteiger partial charge is 0.314 e. The number of sulfone groups is 1. The maximum absolute atomic E-state index is 12.1. The minimum absolute atomic E-state index is 0.0394. The van der Waals surface area contributed by atoms with Crippen molar-refractivity contribution >= 4 is 9.84 Å². The van der Waals surface area contributed by atoms with E-state index in [2.05, 4.69) is 17.1 Å². The standard InChI is InChI=1S/C14H21N3O2S/c1-3-17(2)9-7-16-8-10-20(18,19)14-6-4-5-13(11-14)12-15/h4-6,11,16H,3,7-10H2,1-2H3. The van der Waals surface area contributed by atoms with Crippen LogP contribution < -0.4 is 5.32 Å². The summed E-state index contributed by atoms with van der Waals surface area (Å²) in [6, 6.07) is 8.08. The molecule has 5 nitrogen and oxygen atoms in total. The van der Waals surface area contributed by atoms with Gasteiger partial charge in [0.1, 0.15) is 0 Å². The molecule has 0 radical (unpaired) electrons. The Labute approximate surface area is 121 Å². The first-order valence-corrected chi connectivity index (χ1v) is 8.27. The minimum Gasteiger partial charge on any atom is -0.314 e. The molecule has 1 aromatic carbocycles. The SMILES string of the molecule is CCN(C)CCNCCS(=O)(=O)c1cccc(C#N)c1. The quantitative estimate of drug-likeness (QED) is 0.721. The Hall–Kier alpha value is -1.42. The van der Waals surface area contributed by atoms with E-state index in [0.29, 0.717) is 12.1 Å². The molecular formula is C14H21N3O2S. The molecule has 0 aliphatic carbocycles. The van der Waals surface area contributed by atoms with Crippen LogP contribution in [0.5, 0.6) is 0 Å². The Morgan fingerprint density at radius 1 is 1.35 bits per heavy atom.